The van der Waals surface area contributed by atoms with E-state index in [1.807, 2.05) is 0 Å². The largest absolute Gasteiger partial charge is 0.381 e. The molecule has 0 spiro atoms. The number of carbonyl (C=O) groups is 1. The second-order valence-electron chi connectivity index (χ2n) is 3.71. The molecule has 1 saturated heterocycles. The van der Waals surface area contributed by atoms with Gasteiger partial charge in [-0.2, -0.15) is 0 Å². The molecule has 1 aliphatic rings. The van der Waals surface area contributed by atoms with Gasteiger partial charge in [-0.1, -0.05) is 0 Å². The average Bonchev–Trinajstić information content (AvgIpc) is 2.28. The van der Waals surface area contributed by atoms with E-state index in [9.17, 15) is 4.79 Å². The molecule has 5 heteroatoms. The van der Waals surface area contributed by atoms with Crippen LogP contribution in [0.25, 0.3) is 0 Å². The predicted octanol–water partition coefficient (Wildman–Crippen LogP) is -0.496. The van der Waals surface area contributed by atoms with E-state index in [1.165, 1.54) is 0 Å². The van der Waals surface area contributed by atoms with E-state index in [4.69, 9.17) is 15.2 Å². The molecule has 1 amide bonds. The first-order valence-electron chi connectivity index (χ1n) is 5.45. The number of carbonyl (C=O) groups excluding carboxylic acids is 1. The van der Waals surface area contributed by atoms with E-state index < -0.39 is 0 Å². The Bertz CT molecular complexity index is 182. The van der Waals surface area contributed by atoms with Gasteiger partial charge in [0.2, 0.25) is 5.91 Å². The van der Waals surface area contributed by atoms with Crippen molar-refractivity contribution in [3.05, 3.63) is 0 Å². The number of nitrogens with one attached hydrogen (secondary N) is 1. The molecular formula is C10H20N2O3. The molecule has 1 aliphatic heterocycles. The third-order valence-electron chi connectivity index (χ3n) is 2.39. The third kappa shape index (κ3) is 5.71. The zero-order valence-corrected chi connectivity index (χ0v) is 9.04. The molecule has 0 aromatic rings. The molecule has 5 nitrogen and oxygen atoms in total. The summed E-state index contributed by atoms with van der Waals surface area (Å²) in [5.74, 6) is 0.452. The van der Waals surface area contributed by atoms with Crippen molar-refractivity contribution in [3.8, 4) is 0 Å². The monoisotopic (exact) mass is 216 g/mol. The van der Waals surface area contributed by atoms with Crippen LogP contribution in [-0.2, 0) is 14.3 Å². The van der Waals surface area contributed by atoms with Crippen LogP contribution in [0.3, 0.4) is 0 Å². The molecule has 0 saturated carbocycles. The topological polar surface area (TPSA) is 73.6 Å². The lowest BCUT2D eigenvalue weighted by atomic mass is 10.0. The van der Waals surface area contributed by atoms with Gasteiger partial charge in [0.05, 0.1) is 6.61 Å². The highest BCUT2D eigenvalue weighted by Crippen LogP contribution is 2.14. The molecule has 1 fully saturated rings. The van der Waals surface area contributed by atoms with Gasteiger partial charge < -0.3 is 20.5 Å². The molecule has 0 aromatic heterocycles. The molecule has 0 aromatic carbocycles. The zero-order valence-electron chi connectivity index (χ0n) is 9.04. The van der Waals surface area contributed by atoms with E-state index in [0.29, 0.717) is 25.6 Å². The fourth-order valence-electron chi connectivity index (χ4n) is 1.49. The van der Waals surface area contributed by atoms with E-state index in [2.05, 4.69) is 5.32 Å². The van der Waals surface area contributed by atoms with Crippen LogP contribution in [0, 0.1) is 5.92 Å². The molecule has 1 heterocycles. The van der Waals surface area contributed by atoms with Crippen LogP contribution in [0.2, 0.25) is 0 Å². The smallest absolute Gasteiger partial charge is 0.246 e. The number of nitrogens with two attached hydrogens (primary N) is 1. The Morgan fingerprint density at radius 1 is 1.47 bits per heavy atom. The lowest BCUT2D eigenvalue weighted by Crippen LogP contribution is -2.32. The molecule has 0 unspecified atom stereocenters. The van der Waals surface area contributed by atoms with Gasteiger partial charge in [0.25, 0.3) is 0 Å². The number of rotatable bonds is 6. The molecule has 0 atom stereocenters. The van der Waals surface area contributed by atoms with Crippen molar-refractivity contribution in [3.63, 3.8) is 0 Å². The van der Waals surface area contributed by atoms with Crippen molar-refractivity contribution < 1.29 is 14.3 Å². The van der Waals surface area contributed by atoms with Gasteiger partial charge >= 0.3 is 0 Å². The van der Waals surface area contributed by atoms with Crippen LogP contribution in [-0.4, -0.2) is 45.4 Å². The van der Waals surface area contributed by atoms with Crippen molar-refractivity contribution in [2.45, 2.75) is 12.8 Å². The van der Waals surface area contributed by atoms with Gasteiger partial charge in [-0.25, -0.2) is 0 Å². The molecule has 15 heavy (non-hydrogen) atoms. The van der Waals surface area contributed by atoms with Gasteiger partial charge in [0, 0.05) is 26.3 Å². The lowest BCUT2D eigenvalue weighted by Gasteiger charge is -2.21. The summed E-state index contributed by atoms with van der Waals surface area (Å²) in [4.78, 5) is 11.1. The zero-order chi connectivity index (χ0) is 10.9. The molecule has 88 valence electrons. The Balaban J connectivity index is 1.97. The van der Waals surface area contributed by atoms with Crippen LogP contribution in [0.5, 0.6) is 0 Å². The Morgan fingerprint density at radius 3 is 2.87 bits per heavy atom. The van der Waals surface area contributed by atoms with Gasteiger partial charge in [-0.05, 0) is 18.8 Å². The minimum absolute atomic E-state index is 0.0903. The summed E-state index contributed by atoms with van der Waals surface area (Å²) in [6.45, 7) is 3.39. The first-order chi connectivity index (χ1) is 7.33. The summed E-state index contributed by atoms with van der Waals surface area (Å²) in [5.41, 5.74) is 5.25. The molecule has 1 rings (SSSR count). The Labute approximate surface area is 90.3 Å². The van der Waals surface area contributed by atoms with Gasteiger partial charge in [0.1, 0.15) is 6.61 Å². The first kappa shape index (κ1) is 12.4. The van der Waals surface area contributed by atoms with E-state index in [0.717, 1.165) is 26.1 Å². The van der Waals surface area contributed by atoms with Crippen molar-refractivity contribution in [1.82, 2.24) is 5.32 Å². The normalized spacial score (nSPS) is 17.7. The van der Waals surface area contributed by atoms with Crippen molar-refractivity contribution in [2.75, 3.05) is 39.5 Å². The Morgan fingerprint density at radius 2 is 2.20 bits per heavy atom. The SMILES string of the molecule is NCCNC(=O)COCC1CCOCC1. The van der Waals surface area contributed by atoms with Crippen molar-refractivity contribution >= 4 is 5.91 Å². The summed E-state index contributed by atoms with van der Waals surface area (Å²) in [6, 6.07) is 0. The van der Waals surface area contributed by atoms with Crippen LogP contribution in [0.1, 0.15) is 12.8 Å². The minimum atomic E-state index is -0.0903. The quantitative estimate of drug-likeness (QED) is 0.628. The summed E-state index contributed by atoms with van der Waals surface area (Å²) >= 11 is 0. The molecule has 0 radical (unpaired) electrons. The minimum Gasteiger partial charge on any atom is -0.381 e. The highest BCUT2D eigenvalue weighted by atomic mass is 16.5. The first-order valence-corrected chi connectivity index (χ1v) is 5.45. The van der Waals surface area contributed by atoms with E-state index in [1.54, 1.807) is 0 Å². The maximum atomic E-state index is 11.1. The van der Waals surface area contributed by atoms with Gasteiger partial charge in [-0.3, -0.25) is 4.79 Å². The van der Waals surface area contributed by atoms with Gasteiger partial charge in [0.15, 0.2) is 0 Å². The third-order valence-corrected chi connectivity index (χ3v) is 2.39. The lowest BCUT2D eigenvalue weighted by molar-refractivity contribution is -0.126. The molecule has 0 bridgehead atoms. The average molecular weight is 216 g/mol. The maximum absolute atomic E-state index is 11.1. The Kier molecular flexibility index (Phi) is 6.31. The predicted molar refractivity (Wildman–Crippen MR) is 56.4 cm³/mol. The Hall–Kier alpha value is -0.650. The number of hydrogen-bond acceptors (Lipinski definition) is 4. The summed E-state index contributed by atoms with van der Waals surface area (Å²) < 4.78 is 10.6. The summed E-state index contributed by atoms with van der Waals surface area (Å²) in [6.07, 6.45) is 2.06. The van der Waals surface area contributed by atoms with Crippen LogP contribution < -0.4 is 11.1 Å². The van der Waals surface area contributed by atoms with Gasteiger partial charge in [-0.15, -0.1) is 0 Å². The standard InChI is InChI=1S/C10H20N2O3/c11-3-4-12-10(13)8-15-7-9-1-5-14-6-2-9/h9H,1-8,11H2,(H,12,13). The maximum Gasteiger partial charge on any atom is 0.246 e. The summed E-state index contributed by atoms with van der Waals surface area (Å²) in [7, 11) is 0. The van der Waals surface area contributed by atoms with Crippen molar-refractivity contribution in [1.29, 1.82) is 0 Å². The van der Waals surface area contributed by atoms with Crippen LogP contribution in [0.15, 0.2) is 0 Å². The highest BCUT2D eigenvalue weighted by molar-refractivity contribution is 5.77. The number of ether oxygens (including phenoxy) is 2. The number of amides is 1. The molecule has 3 N–H and O–H groups in total. The van der Waals surface area contributed by atoms with Crippen molar-refractivity contribution in [2.24, 2.45) is 11.7 Å². The highest BCUT2D eigenvalue weighted by Gasteiger charge is 2.14. The number of hydrogen-bond donors (Lipinski definition) is 2. The fraction of sp³-hybridized carbons (Fsp3) is 0.900. The molecule has 0 aliphatic carbocycles. The fourth-order valence-corrected chi connectivity index (χ4v) is 1.49. The second-order valence-corrected chi connectivity index (χ2v) is 3.71. The second kappa shape index (κ2) is 7.62. The summed E-state index contributed by atoms with van der Waals surface area (Å²) in [5, 5.41) is 2.66. The van der Waals surface area contributed by atoms with Crippen LogP contribution in [0.4, 0.5) is 0 Å². The van der Waals surface area contributed by atoms with Crippen LogP contribution >= 0.6 is 0 Å². The molecular weight excluding hydrogens is 196 g/mol. The van der Waals surface area contributed by atoms with E-state index >= 15 is 0 Å². The van der Waals surface area contributed by atoms with E-state index in [-0.39, 0.29) is 12.5 Å².